The molecule has 6 heteroatoms. The Kier molecular flexibility index (Phi) is 7.10. The van der Waals surface area contributed by atoms with Gasteiger partial charge in [-0.3, -0.25) is 9.69 Å². The first-order chi connectivity index (χ1) is 15.1. The molecule has 1 atom stereocenters. The molecule has 0 aliphatic carbocycles. The number of hydrogen-bond donors (Lipinski definition) is 1. The average molecular weight is 423 g/mol. The highest BCUT2D eigenvalue weighted by atomic mass is 16.5. The third-order valence-corrected chi connectivity index (χ3v) is 6.28. The van der Waals surface area contributed by atoms with Crippen LogP contribution in [0.2, 0.25) is 0 Å². The molecule has 4 rings (SSSR count). The van der Waals surface area contributed by atoms with Gasteiger partial charge in [-0.05, 0) is 43.7 Å². The highest BCUT2D eigenvalue weighted by molar-refractivity contribution is 5.82. The molecule has 31 heavy (non-hydrogen) atoms. The lowest BCUT2D eigenvalue weighted by molar-refractivity contribution is -0.135. The van der Waals surface area contributed by atoms with Gasteiger partial charge in [-0.15, -0.1) is 0 Å². The molecule has 2 aliphatic heterocycles. The maximum absolute atomic E-state index is 13.0. The molecule has 1 N–H and O–H groups in total. The van der Waals surface area contributed by atoms with Crippen molar-refractivity contribution in [3.05, 3.63) is 60.2 Å². The van der Waals surface area contributed by atoms with Gasteiger partial charge in [0.05, 0.1) is 6.04 Å². The van der Waals surface area contributed by atoms with E-state index in [-0.39, 0.29) is 11.9 Å². The van der Waals surface area contributed by atoms with E-state index in [1.807, 2.05) is 35.2 Å². The van der Waals surface area contributed by atoms with E-state index in [1.54, 1.807) is 0 Å². The second kappa shape index (κ2) is 10.2. The number of rotatable bonds is 6. The summed E-state index contributed by atoms with van der Waals surface area (Å²) in [6, 6.07) is 18.9. The summed E-state index contributed by atoms with van der Waals surface area (Å²) in [5.41, 5.74) is 2.34. The standard InChI is InChI=1S/C25H34N4O2/c1-20(2)29-13-12-26-24(18-29)25(30)28-16-14-27(15-17-28)22-8-10-23(11-9-22)31-19-21-6-4-3-5-7-21/h3-11,20,24,26H,12-19H2,1-2H3/t24-/m1/s1. The van der Waals surface area contributed by atoms with Crippen LogP contribution in [0.25, 0.3) is 0 Å². The fraction of sp³-hybridized carbons (Fsp3) is 0.480. The summed E-state index contributed by atoms with van der Waals surface area (Å²) in [4.78, 5) is 19.8. The lowest BCUT2D eigenvalue weighted by atomic mass is 10.1. The Bertz CT molecular complexity index is 832. The van der Waals surface area contributed by atoms with Gasteiger partial charge in [-0.1, -0.05) is 30.3 Å². The molecule has 0 aromatic heterocycles. The molecule has 0 spiro atoms. The van der Waals surface area contributed by atoms with Gasteiger partial charge in [-0.2, -0.15) is 0 Å². The van der Waals surface area contributed by atoms with Crippen LogP contribution in [0.15, 0.2) is 54.6 Å². The highest BCUT2D eigenvalue weighted by Gasteiger charge is 2.31. The summed E-state index contributed by atoms with van der Waals surface area (Å²) in [6.07, 6.45) is 0. The largest absolute Gasteiger partial charge is 0.489 e. The van der Waals surface area contributed by atoms with Gasteiger partial charge >= 0.3 is 0 Å². The Morgan fingerprint density at radius 3 is 2.39 bits per heavy atom. The molecule has 166 valence electrons. The Morgan fingerprint density at radius 1 is 1.00 bits per heavy atom. The molecule has 1 amide bonds. The summed E-state index contributed by atoms with van der Waals surface area (Å²) in [5, 5.41) is 3.41. The second-order valence-electron chi connectivity index (χ2n) is 8.68. The van der Waals surface area contributed by atoms with Crippen LogP contribution in [0.1, 0.15) is 19.4 Å². The van der Waals surface area contributed by atoms with Gasteiger partial charge in [0.15, 0.2) is 0 Å². The fourth-order valence-corrected chi connectivity index (χ4v) is 4.31. The quantitative estimate of drug-likeness (QED) is 0.776. The average Bonchev–Trinajstić information content (AvgIpc) is 2.83. The molecule has 2 heterocycles. The molecule has 2 saturated heterocycles. The SMILES string of the molecule is CC(C)N1CCN[C@@H](C(=O)N2CCN(c3ccc(OCc4ccccc4)cc3)CC2)C1. The number of piperazine rings is 2. The van der Waals surface area contributed by atoms with Gasteiger partial charge in [0.2, 0.25) is 5.91 Å². The lowest BCUT2D eigenvalue weighted by Gasteiger charge is -2.41. The number of hydrogen-bond acceptors (Lipinski definition) is 5. The first kappa shape index (κ1) is 21.7. The monoisotopic (exact) mass is 422 g/mol. The summed E-state index contributed by atoms with van der Waals surface area (Å²) < 4.78 is 5.89. The minimum atomic E-state index is -0.0799. The summed E-state index contributed by atoms with van der Waals surface area (Å²) in [5.74, 6) is 1.12. The van der Waals surface area contributed by atoms with E-state index in [4.69, 9.17) is 4.74 Å². The van der Waals surface area contributed by atoms with E-state index in [0.717, 1.165) is 57.1 Å². The number of anilines is 1. The zero-order valence-corrected chi connectivity index (χ0v) is 18.7. The normalized spacial score (nSPS) is 20.2. The van der Waals surface area contributed by atoms with Crippen LogP contribution in [-0.2, 0) is 11.4 Å². The van der Waals surface area contributed by atoms with Gasteiger partial charge in [0, 0.05) is 57.5 Å². The summed E-state index contributed by atoms with van der Waals surface area (Å²) in [7, 11) is 0. The van der Waals surface area contributed by atoms with E-state index in [0.29, 0.717) is 12.6 Å². The van der Waals surface area contributed by atoms with E-state index >= 15 is 0 Å². The number of carbonyl (C=O) groups is 1. The van der Waals surface area contributed by atoms with Crippen molar-refractivity contribution in [2.75, 3.05) is 50.7 Å². The Balaban J connectivity index is 1.26. The maximum Gasteiger partial charge on any atom is 0.241 e. The predicted octanol–water partition coefficient (Wildman–Crippen LogP) is 2.60. The number of nitrogens with zero attached hydrogens (tertiary/aromatic N) is 3. The molecule has 0 radical (unpaired) electrons. The van der Waals surface area contributed by atoms with Crippen LogP contribution >= 0.6 is 0 Å². The lowest BCUT2D eigenvalue weighted by Crippen LogP contribution is -2.61. The molecule has 2 aliphatic rings. The van der Waals surface area contributed by atoms with Crippen molar-refractivity contribution in [1.82, 2.24) is 15.1 Å². The number of carbonyl (C=O) groups excluding carboxylic acids is 1. The van der Waals surface area contributed by atoms with Gasteiger partial charge < -0.3 is 19.9 Å². The third-order valence-electron chi connectivity index (χ3n) is 6.28. The van der Waals surface area contributed by atoms with E-state index in [2.05, 4.69) is 53.2 Å². The van der Waals surface area contributed by atoms with Crippen molar-refractivity contribution in [2.45, 2.75) is 32.5 Å². The van der Waals surface area contributed by atoms with Crippen molar-refractivity contribution in [2.24, 2.45) is 0 Å². The van der Waals surface area contributed by atoms with Crippen molar-refractivity contribution in [3.8, 4) is 5.75 Å². The van der Waals surface area contributed by atoms with Crippen LogP contribution in [0.4, 0.5) is 5.69 Å². The van der Waals surface area contributed by atoms with Gasteiger partial charge in [-0.25, -0.2) is 0 Å². The topological polar surface area (TPSA) is 48.1 Å². The van der Waals surface area contributed by atoms with Crippen molar-refractivity contribution < 1.29 is 9.53 Å². The van der Waals surface area contributed by atoms with Gasteiger partial charge in [0.1, 0.15) is 12.4 Å². The maximum atomic E-state index is 13.0. The molecule has 0 unspecified atom stereocenters. The molecule has 2 fully saturated rings. The van der Waals surface area contributed by atoms with Crippen LogP contribution in [0.5, 0.6) is 5.75 Å². The van der Waals surface area contributed by atoms with E-state index in [9.17, 15) is 4.79 Å². The van der Waals surface area contributed by atoms with Crippen molar-refractivity contribution in [1.29, 1.82) is 0 Å². The third kappa shape index (κ3) is 5.57. The highest BCUT2D eigenvalue weighted by Crippen LogP contribution is 2.22. The molecule has 6 nitrogen and oxygen atoms in total. The molecular weight excluding hydrogens is 388 g/mol. The second-order valence-corrected chi connectivity index (χ2v) is 8.68. The Morgan fingerprint density at radius 2 is 1.71 bits per heavy atom. The van der Waals surface area contributed by atoms with Gasteiger partial charge in [0.25, 0.3) is 0 Å². The first-order valence-electron chi connectivity index (χ1n) is 11.4. The number of ether oxygens (including phenoxy) is 1. The van der Waals surface area contributed by atoms with Crippen LogP contribution in [0, 0.1) is 0 Å². The van der Waals surface area contributed by atoms with Crippen LogP contribution in [0.3, 0.4) is 0 Å². The van der Waals surface area contributed by atoms with Crippen molar-refractivity contribution in [3.63, 3.8) is 0 Å². The number of benzene rings is 2. The minimum Gasteiger partial charge on any atom is -0.489 e. The number of amides is 1. The Hall–Kier alpha value is -2.57. The summed E-state index contributed by atoms with van der Waals surface area (Å²) in [6.45, 7) is 10.9. The zero-order valence-electron chi connectivity index (χ0n) is 18.7. The van der Waals surface area contributed by atoms with Crippen LogP contribution < -0.4 is 15.0 Å². The van der Waals surface area contributed by atoms with Crippen LogP contribution in [-0.4, -0.2) is 73.6 Å². The smallest absolute Gasteiger partial charge is 0.241 e. The Labute approximate surface area is 185 Å². The van der Waals surface area contributed by atoms with Crippen molar-refractivity contribution >= 4 is 11.6 Å². The molecule has 2 aromatic rings. The molecular formula is C25H34N4O2. The van der Waals surface area contributed by atoms with E-state index < -0.39 is 0 Å². The molecule has 0 saturated carbocycles. The number of nitrogens with one attached hydrogen (secondary N) is 1. The summed E-state index contributed by atoms with van der Waals surface area (Å²) >= 11 is 0. The predicted molar refractivity (Wildman–Crippen MR) is 125 cm³/mol. The molecule has 0 bridgehead atoms. The minimum absolute atomic E-state index is 0.0799. The fourth-order valence-electron chi connectivity index (χ4n) is 4.31. The zero-order chi connectivity index (χ0) is 21.6. The molecule has 2 aromatic carbocycles. The van der Waals surface area contributed by atoms with E-state index in [1.165, 1.54) is 5.69 Å². The first-order valence-corrected chi connectivity index (χ1v) is 11.4.